The molecule has 3 aromatic heterocycles. The first-order valence-corrected chi connectivity index (χ1v) is 9.80. The fraction of sp³-hybridized carbons (Fsp3) is 0.400. The molecule has 1 unspecified atom stereocenters. The monoisotopic (exact) mass is 403 g/mol. The minimum absolute atomic E-state index is 0.149. The fourth-order valence-electron chi connectivity index (χ4n) is 2.21. The van der Waals surface area contributed by atoms with Crippen LogP contribution < -0.4 is 0 Å². The van der Waals surface area contributed by atoms with Crippen LogP contribution in [0.25, 0.3) is 17.0 Å². The van der Waals surface area contributed by atoms with Crippen LogP contribution in [0.1, 0.15) is 11.6 Å². The highest BCUT2D eigenvalue weighted by Crippen LogP contribution is 2.29. The molecule has 3 heterocycles. The maximum Gasteiger partial charge on any atom is 0.471 e. The van der Waals surface area contributed by atoms with Crippen LogP contribution in [-0.2, 0) is 27.2 Å². The third-order valence-electron chi connectivity index (χ3n) is 3.60. The van der Waals surface area contributed by atoms with Crippen LogP contribution in [0, 0.1) is 0 Å². The molecule has 0 saturated heterocycles. The largest absolute Gasteiger partial charge is 0.471 e. The quantitative estimate of drug-likeness (QED) is 0.628. The Kier molecular flexibility index (Phi) is 5.20. The molecule has 0 saturated carbocycles. The molecule has 0 aliphatic rings. The first-order valence-electron chi connectivity index (χ1n) is 7.71. The Morgan fingerprint density at radius 2 is 2.15 bits per heavy atom. The van der Waals surface area contributed by atoms with Gasteiger partial charge in [-0.05, 0) is 12.1 Å². The summed E-state index contributed by atoms with van der Waals surface area (Å²) >= 11 is 0. The van der Waals surface area contributed by atoms with Crippen molar-refractivity contribution in [3.8, 4) is 11.4 Å². The molecule has 0 aliphatic carbocycles. The number of pyridine rings is 1. The highest BCUT2D eigenvalue weighted by molar-refractivity contribution is 7.92. The van der Waals surface area contributed by atoms with Gasteiger partial charge in [0.15, 0.2) is 0 Å². The molecular weight excluding hydrogens is 387 g/mol. The van der Waals surface area contributed by atoms with Crippen LogP contribution in [-0.4, -0.2) is 49.5 Å². The average Bonchev–Trinajstić information content (AvgIpc) is 3.24. The summed E-state index contributed by atoms with van der Waals surface area (Å²) in [5.74, 6) is -1.27. The molecule has 0 aromatic carbocycles. The summed E-state index contributed by atoms with van der Waals surface area (Å²) in [4.78, 5) is 7.70. The van der Waals surface area contributed by atoms with E-state index in [1.165, 1.54) is 13.2 Å². The number of aromatic nitrogens is 4. The molecule has 3 rings (SSSR count). The second-order valence-corrected chi connectivity index (χ2v) is 8.36. The summed E-state index contributed by atoms with van der Waals surface area (Å²) in [5.41, 5.74) is 1.37. The van der Waals surface area contributed by atoms with Crippen molar-refractivity contribution in [3.63, 3.8) is 0 Å². The molecule has 27 heavy (non-hydrogen) atoms. The Balaban J connectivity index is 1.84. The number of ether oxygens (including phenoxy) is 1. The first kappa shape index (κ1) is 19.3. The molecule has 0 spiro atoms. The van der Waals surface area contributed by atoms with Crippen LogP contribution >= 0.6 is 0 Å². The fourth-order valence-corrected chi connectivity index (χ4v) is 3.22. The number of hydrogen-bond donors (Lipinski definition) is 0. The summed E-state index contributed by atoms with van der Waals surface area (Å²) in [6.45, 7) is 0.495. The normalized spacial score (nSPS) is 14.4. The van der Waals surface area contributed by atoms with Gasteiger partial charge in [0.25, 0.3) is 0 Å². The van der Waals surface area contributed by atoms with E-state index in [9.17, 15) is 17.4 Å². The summed E-state index contributed by atoms with van der Waals surface area (Å²) in [5, 5.41) is 3.35. The number of methoxy groups -OCH3 is 1. The minimum Gasteiger partial charge on any atom is -0.384 e. The standard InChI is InChI=1S/C15H16F3N5O3S/c1-25-5-6-27(2,24)19-8-11-9-23-4-3-10(7-12(23)20-11)13-21-14(26-22-13)15(16,17)18/h3-4,7,9H,5-6,8H2,1-2H3. The highest BCUT2D eigenvalue weighted by Gasteiger charge is 2.38. The van der Waals surface area contributed by atoms with Crippen LogP contribution in [0.15, 0.2) is 33.4 Å². The predicted molar refractivity (Wildman–Crippen MR) is 90.4 cm³/mol. The summed E-state index contributed by atoms with van der Waals surface area (Å²) < 4.78 is 65.0. The first-order chi connectivity index (χ1) is 12.7. The molecule has 0 fully saturated rings. The van der Waals surface area contributed by atoms with E-state index in [1.54, 1.807) is 29.1 Å². The molecule has 0 N–H and O–H groups in total. The molecular formula is C15H16F3N5O3S. The van der Waals surface area contributed by atoms with Crippen molar-refractivity contribution in [1.82, 2.24) is 19.5 Å². The zero-order valence-corrected chi connectivity index (χ0v) is 15.3. The van der Waals surface area contributed by atoms with Gasteiger partial charge in [-0.25, -0.2) is 13.6 Å². The average molecular weight is 403 g/mol. The third-order valence-corrected chi connectivity index (χ3v) is 5.20. The van der Waals surface area contributed by atoms with E-state index >= 15 is 0 Å². The summed E-state index contributed by atoms with van der Waals surface area (Å²) in [6.07, 6.45) is 0.159. The smallest absolute Gasteiger partial charge is 0.384 e. The zero-order valence-electron chi connectivity index (χ0n) is 14.4. The van der Waals surface area contributed by atoms with Gasteiger partial charge >= 0.3 is 12.1 Å². The molecule has 146 valence electrons. The second-order valence-electron chi connectivity index (χ2n) is 5.78. The highest BCUT2D eigenvalue weighted by atomic mass is 32.2. The van der Waals surface area contributed by atoms with Crippen LogP contribution in [0.5, 0.6) is 0 Å². The van der Waals surface area contributed by atoms with Crippen molar-refractivity contribution < 1.29 is 26.6 Å². The summed E-state index contributed by atoms with van der Waals surface area (Å²) in [7, 11) is -0.856. The SMILES string of the molecule is COCCS(C)(=O)=NCc1cn2ccc(-c3noc(C(F)(F)F)n3)cc2n1. The lowest BCUT2D eigenvalue weighted by Crippen LogP contribution is -2.09. The Morgan fingerprint density at radius 3 is 2.81 bits per heavy atom. The van der Waals surface area contributed by atoms with E-state index in [0.717, 1.165) is 0 Å². The summed E-state index contributed by atoms with van der Waals surface area (Å²) in [6, 6.07) is 3.07. The number of hydrogen-bond acceptors (Lipinski definition) is 7. The Hall–Kier alpha value is -2.47. The maximum atomic E-state index is 12.6. The van der Waals surface area contributed by atoms with Crippen LogP contribution in [0.3, 0.4) is 0 Å². The van der Waals surface area contributed by atoms with E-state index in [4.69, 9.17) is 4.74 Å². The molecule has 1 atom stereocenters. The van der Waals surface area contributed by atoms with E-state index in [-0.39, 0.29) is 12.4 Å². The van der Waals surface area contributed by atoms with Crippen LogP contribution in [0.4, 0.5) is 13.2 Å². The van der Waals surface area contributed by atoms with Gasteiger partial charge in [-0.2, -0.15) is 18.2 Å². The minimum atomic E-state index is -4.70. The second kappa shape index (κ2) is 7.27. The van der Waals surface area contributed by atoms with Gasteiger partial charge in [0, 0.05) is 41.1 Å². The molecule has 0 aliphatic heterocycles. The molecule has 12 heteroatoms. The Bertz CT molecular complexity index is 1070. The van der Waals surface area contributed by atoms with Crippen molar-refractivity contribution in [3.05, 3.63) is 36.1 Å². The number of imidazole rings is 1. The topological polar surface area (TPSA) is 94.9 Å². The predicted octanol–water partition coefficient (Wildman–Crippen LogP) is 2.65. The number of fused-ring (bicyclic) bond motifs is 1. The number of halogens is 3. The van der Waals surface area contributed by atoms with Gasteiger partial charge in [-0.3, -0.25) is 0 Å². The lowest BCUT2D eigenvalue weighted by molar-refractivity contribution is -0.159. The van der Waals surface area contributed by atoms with Crippen molar-refractivity contribution in [2.45, 2.75) is 12.7 Å². The van der Waals surface area contributed by atoms with E-state index in [0.29, 0.717) is 29.3 Å². The molecule has 0 bridgehead atoms. The number of nitrogens with zero attached hydrogens (tertiary/aromatic N) is 5. The molecule has 0 amide bonds. The molecule has 8 nitrogen and oxygen atoms in total. The van der Waals surface area contributed by atoms with Gasteiger partial charge in [-0.15, -0.1) is 0 Å². The van der Waals surface area contributed by atoms with Gasteiger partial charge in [0.05, 0.1) is 24.6 Å². The van der Waals surface area contributed by atoms with E-state index in [2.05, 4.69) is 24.0 Å². The number of rotatable bonds is 6. The van der Waals surface area contributed by atoms with Crippen LogP contribution in [0.2, 0.25) is 0 Å². The zero-order chi connectivity index (χ0) is 19.7. The third kappa shape index (κ3) is 4.63. The molecule has 0 radical (unpaired) electrons. The van der Waals surface area contributed by atoms with Crippen molar-refractivity contribution in [2.75, 3.05) is 25.7 Å². The Labute approximate surface area is 152 Å². The lowest BCUT2D eigenvalue weighted by Gasteiger charge is -2.02. The lowest BCUT2D eigenvalue weighted by atomic mass is 10.2. The van der Waals surface area contributed by atoms with Crippen molar-refractivity contribution in [2.24, 2.45) is 4.36 Å². The van der Waals surface area contributed by atoms with E-state index in [1.807, 2.05) is 0 Å². The van der Waals surface area contributed by atoms with Gasteiger partial charge in [0.1, 0.15) is 5.65 Å². The van der Waals surface area contributed by atoms with Gasteiger partial charge < -0.3 is 13.7 Å². The van der Waals surface area contributed by atoms with E-state index < -0.39 is 21.8 Å². The Morgan fingerprint density at radius 1 is 1.37 bits per heavy atom. The maximum absolute atomic E-state index is 12.6. The molecule has 3 aromatic rings. The van der Waals surface area contributed by atoms with Crippen molar-refractivity contribution >= 4 is 15.4 Å². The van der Waals surface area contributed by atoms with Gasteiger partial charge in [0.2, 0.25) is 5.82 Å². The van der Waals surface area contributed by atoms with Gasteiger partial charge in [-0.1, -0.05) is 5.16 Å². The van der Waals surface area contributed by atoms with Crippen molar-refractivity contribution in [1.29, 1.82) is 0 Å². The number of alkyl halides is 3.